The zero-order chi connectivity index (χ0) is 24.9. The summed E-state index contributed by atoms with van der Waals surface area (Å²) in [5.74, 6) is 0. The second-order valence-corrected chi connectivity index (χ2v) is 15.2. The molecular weight excluding hydrogens is 519 g/mol. The van der Waals surface area contributed by atoms with Crippen molar-refractivity contribution in [1.82, 2.24) is 0 Å². The summed E-state index contributed by atoms with van der Waals surface area (Å²) in [6.45, 7) is 4.63. The molecule has 2 rings (SSSR count). The molecule has 0 bridgehead atoms. The molecule has 2 heteroatoms. The first-order valence-electron chi connectivity index (χ1n) is 15.2. The molecule has 0 aliphatic heterocycles. The highest BCUT2D eigenvalue weighted by Crippen LogP contribution is 2.65. The first-order valence-corrected chi connectivity index (χ1v) is 17.7. The Labute approximate surface area is 236 Å². The van der Waals surface area contributed by atoms with Gasteiger partial charge in [-0.25, -0.2) is 0 Å². The van der Waals surface area contributed by atoms with Crippen LogP contribution in [-0.4, -0.2) is 12.3 Å². The van der Waals surface area contributed by atoms with Crippen molar-refractivity contribution in [2.45, 2.75) is 129 Å². The lowest BCUT2D eigenvalue weighted by Gasteiger charge is -2.29. The summed E-state index contributed by atoms with van der Waals surface area (Å²) >= 11 is 0. The van der Waals surface area contributed by atoms with E-state index in [4.69, 9.17) is 0 Å². The molecule has 36 heavy (non-hydrogen) atoms. The van der Waals surface area contributed by atoms with Crippen molar-refractivity contribution >= 4 is 7.26 Å². The predicted molar refractivity (Wildman–Crippen MR) is 162 cm³/mol. The standard InChI is InChI=1S/C34H56P.BrH/c1-3-5-7-9-11-13-15-23-29-35(31-33-25-19-17-20-26-33,32-34-27-21-18-22-28-34)30-24-16-14-12-10-8-6-4-2;/h17-22,25-28H,3-16,23-24,29-32H2,1-2H3;1H/q+1;/p-1. The second kappa shape index (κ2) is 22.3. The van der Waals surface area contributed by atoms with Gasteiger partial charge in [0.05, 0.1) is 24.6 Å². The van der Waals surface area contributed by atoms with Gasteiger partial charge >= 0.3 is 0 Å². The van der Waals surface area contributed by atoms with Crippen molar-refractivity contribution in [2.75, 3.05) is 12.3 Å². The molecule has 0 atom stereocenters. The quantitative estimate of drug-likeness (QED) is 0.0973. The van der Waals surface area contributed by atoms with E-state index >= 15 is 0 Å². The molecule has 2 aromatic rings. The molecule has 0 radical (unpaired) electrons. The van der Waals surface area contributed by atoms with Crippen LogP contribution >= 0.6 is 7.26 Å². The first kappa shape index (κ1) is 33.4. The van der Waals surface area contributed by atoms with Crippen LogP contribution in [0, 0.1) is 0 Å². The molecule has 0 heterocycles. The third-order valence-electron chi connectivity index (χ3n) is 7.69. The number of unbranched alkanes of at least 4 members (excludes halogenated alkanes) is 14. The fraction of sp³-hybridized carbons (Fsp3) is 0.647. The van der Waals surface area contributed by atoms with Crippen LogP contribution in [0.2, 0.25) is 0 Å². The molecule has 0 fully saturated rings. The molecule has 0 aromatic heterocycles. The molecule has 0 aliphatic carbocycles. The van der Waals surface area contributed by atoms with E-state index in [2.05, 4.69) is 74.5 Å². The average molecular weight is 576 g/mol. The molecule has 0 unspecified atom stereocenters. The molecule has 0 saturated heterocycles. The summed E-state index contributed by atoms with van der Waals surface area (Å²) in [5.41, 5.74) is 3.16. The summed E-state index contributed by atoms with van der Waals surface area (Å²) in [6.07, 6.45) is 28.5. The van der Waals surface area contributed by atoms with E-state index in [0.717, 1.165) is 0 Å². The summed E-state index contributed by atoms with van der Waals surface area (Å²) in [6, 6.07) is 22.9. The van der Waals surface area contributed by atoms with Gasteiger partial charge in [-0.2, -0.15) is 0 Å². The van der Waals surface area contributed by atoms with Crippen LogP contribution < -0.4 is 17.0 Å². The van der Waals surface area contributed by atoms with Crippen molar-refractivity contribution < 1.29 is 17.0 Å². The maximum absolute atomic E-state index is 2.39. The number of rotatable bonds is 22. The minimum atomic E-state index is -1.07. The molecule has 204 valence electrons. The highest BCUT2D eigenvalue weighted by molar-refractivity contribution is 7.74. The fourth-order valence-corrected chi connectivity index (χ4v) is 10.3. The van der Waals surface area contributed by atoms with E-state index in [-0.39, 0.29) is 17.0 Å². The van der Waals surface area contributed by atoms with Crippen LogP contribution in [0.3, 0.4) is 0 Å². The highest BCUT2D eigenvalue weighted by atomic mass is 79.9. The topological polar surface area (TPSA) is 0 Å². The molecule has 0 aliphatic rings. The highest BCUT2D eigenvalue weighted by Gasteiger charge is 2.36. The Morgan fingerprint density at radius 3 is 1.06 bits per heavy atom. The van der Waals surface area contributed by atoms with E-state index in [1.165, 1.54) is 127 Å². The Bertz CT molecular complexity index is 651. The van der Waals surface area contributed by atoms with Crippen LogP contribution in [0.15, 0.2) is 60.7 Å². The first-order chi connectivity index (χ1) is 17.3. The SMILES string of the molecule is CCCCCCCCCC[P+](CCCCCCCCCC)(Cc1ccccc1)Cc1ccccc1.[Br-]. The van der Waals surface area contributed by atoms with Crippen LogP contribution in [0.5, 0.6) is 0 Å². The molecule has 0 nitrogen and oxygen atoms in total. The second-order valence-electron chi connectivity index (χ2n) is 11.0. The van der Waals surface area contributed by atoms with E-state index in [1.54, 1.807) is 11.1 Å². The molecule has 0 spiro atoms. The van der Waals surface area contributed by atoms with Crippen molar-refractivity contribution in [3.05, 3.63) is 71.8 Å². The molecule has 0 amide bonds. The lowest BCUT2D eigenvalue weighted by molar-refractivity contribution is -0.00000766. The number of benzene rings is 2. The molecule has 0 N–H and O–H groups in total. The summed E-state index contributed by atoms with van der Waals surface area (Å²) in [5, 5.41) is 0. The number of hydrogen-bond acceptors (Lipinski definition) is 0. The van der Waals surface area contributed by atoms with Crippen LogP contribution in [-0.2, 0) is 12.3 Å². The van der Waals surface area contributed by atoms with Gasteiger partial charge in [-0.15, -0.1) is 0 Å². The van der Waals surface area contributed by atoms with Crippen molar-refractivity contribution in [3.8, 4) is 0 Å². The monoisotopic (exact) mass is 574 g/mol. The normalized spacial score (nSPS) is 11.4. The predicted octanol–water partition coefficient (Wildman–Crippen LogP) is 8.69. The van der Waals surface area contributed by atoms with Crippen molar-refractivity contribution in [1.29, 1.82) is 0 Å². The van der Waals surface area contributed by atoms with Gasteiger partial charge < -0.3 is 17.0 Å². The van der Waals surface area contributed by atoms with Crippen LogP contribution in [0.1, 0.15) is 128 Å². The Kier molecular flexibility index (Phi) is 20.7. The Balaban J connectivity index is 0.00000648. The van der Waals surface area contributed by atoms with Crippen LogP contribution in [0.25, 0.3) is 0 Å². The third kappa shape index (κ3) is 15.6. The summed E-state index contributed by atoms with van der Waals surface area (Å²) in [4.78, 5) is 0. The minimum Gasteiger partial charge on any atom is -1.00 e. The van der Waals surface area contributed by atoms with E-state index in [0.29, 0.717) is 0 Å². The van der Waals surface area contributed by atoms with Gasteiger partial charge in [-0.1, -0.05) is 152 Å². The minimum absolute atomic E-state index is 0. The maximum atomic E-state index is 2.39. The number of hydrogen-bond donors (Lipinski definition) is 0. The summed E-state index contributed by atoms with van der Waals surface area (Å²) in [7, 11) is -1.07. The average Bonchev–Trinajstić information content (AvgIpc) is 2.88. The number of halogens is 1. The van der Waals surface area contributed by atoms with Gasteiger partial charge in [0.15, 0.2) is 0 Å². The smallest absolute Gasteiger partial charge is 0.0846 e. The molecule has 0 saturated carbocycles. The Morgan fingerprint density at radius 2 is 0.722 bits per heavy atom. The molecule has 2 aromatic carbocycles. The zero-order valence-electron chi connectivity index (χ0n) is 23.7. The Hall–Kier alpha value is -0.650. The van der Waals surface area contributed by atoms with Gasteiger partial charge in [-0.05, 0) is 36.8 Å². The zero-order valence-corrected chi connectivity index (χ0v) is 26.2. The van der Waals surface area contributed by atoms with Gasteiger partial charge in [0, 0.05) is 7.26 Å². The largest absolute Gasteiger partial charge is 1.00 e. The van der Waals surface area contributed by atoms with Gasteiger partial charge in [0.25, 0.3) is 0 Å². The Morgan fingerprint density at radius 1 is 0.417 bits per heavy atom. The lowest BCUT2D eigenvalue weighted by atomic mass is 10.1. The van der Waals surface area contributed by atoms with Crippen molar-refractivity contribution in [2.24, 2.45) is 0 Å². The summed E-state index contributed by atoms with van der Waals surface area (Å²) < 4.78 is 0. The van der Waals surface area contributed by atoms with E-state index < -0.39 is 7.26 Å². The molecular formula is C34H56BrP. The van der Waals surface area contributed by atoms with E-state index in [9.17, 15) is 0 Å². The van der Waals surface area contributed by atoms with Gasteiger partial charge in [0.1, 0.15) is 0 Å². The van der Waals surface area contributed by atoms with E-state index in [1.807, 2.05) is 0 Å². The lowest BCUT2D eigenvalue weighted by Crippen LogP contribution is -3.00. The third-order valence-corrected chi connectivity index (χ3v) is 12.3. The fourth-order valence-electron chi connectivity index (χ4n) is 5.59. The van der Waals surface area contributed by atoms with Gasteiger partial charge in [0.2, 0.25) is 0 Å². The maximum Gasteiger partial charge on any atom is 0.0846 e. The van der Waals surface area contributed by atoms with Gasteiger partial charge in [-0.3, -0.25) is 0 Å². The van der Waals surface area contributed by atoms with Crippen molar-refractivity contribution in [3.63, 3.8) is 0 Å². The van der Waals surface area contributed by atoms with Crippen LogP contribution in [0.4, 0.5) is 0 Å².